The zero-order chi connectivity index (χ0) is 18.5. The molecule has 2 heterocycles. The van der Waals surface area contributed by atoms with Crippen LogP contribution in [-0.2, 0) is 12.0 Å². The van der Waals surface area contributed by atoms with Gasteiger partial charge in [-0.05, 0) is 18.2 Å². The topological polar surface area (TPSA) is 39.3 Å². The van der Waals surface area contributed by atoms with Crippen molar-refractivity contribution < 1.29 is 4.39 Å². The summed E-state index contributed by atoms with van der Waals surface area (Å²) in [4.78, 5) is 17.6. The second-order valence-electron chi connectivity index (χ2n) is 7.53. The molecule has 0 fully saturated rings. The number of nitrogens with zero attached hydrogens (tertiary/aromatic N) is 3. The highest BCUT2D eigenvalue weighted by Crippen LogP contribution is 2.24. The van der Waals surface area contributed by atoms with Crippen molar-refractivity contribution in [1.29, 1.82) is 0 Å². The summed E-state index contributed by atoms with van der Waals surface area (Å²) in [6.07, 6.45) is 0. The average molecular weight is 349 g/mol. The molecule has 0 N–H and O–H groups in total. The number of hydrogen-bond acceptors (Lipinski definition) is 2. The Balaban J connectivity index is 2.07. The molecule has 0 radical (unpaired) electrons. The molecule has 0 saturated heterocycles. The lowest BCUT2D eigenvalue weighted by atomic mass is 9.92. The van der Waals surface area contributed by atoms with Gasteiger partial charge in [-0.1, -0.05) is 51.1 Å². The van der Waals surface area contributed by atoms with E-state index in [0.29, 0.717) is 17.9 Å². The van der Waals surface area contributed by atoms with E-state index in [4.69, 9.17) is 4.98 Å². The van der Waals surface area contributed by atoms with Crippen LogP contribution in [0.5, 0.6) is 0 Å². The number of imidazole rings is 1. The first-order chi connectivity index (χ1) is 12.4. The summed E-state index contributed by atoms with van der Waals surface area (Å²) in [5.74, 6) is 0.268. The van der Waals surface area contributed by atoms with E-state index in [1.807, 2.05) is 55.7 Å². The van der Waals surface area contributed by atoms with Gasteiger partial charge in [0.25, 0.3) is 5.56 Å². The van der Waals surface area contributed by atoms with E-state index in [1.54, 1.807) is 22.6 Å². The molecule has 0 aliphatic rings. The molecular weight excluding hydrogens is 329 g/mol. The van der Waals surface area contributed by atoms with Gasteiger partial charge < -0.3 is 4.57 Å². The monoisotopic (exact) mass is 349 g/mol. The van der Waals surface area contributed by atoms with Gasteiger partial charge in [-0.15, -0.1) is 0 Å². The molecule has 0 spiro atoms. The Hall–Kier alpha value is -2.95. The fourth-order valence-electron chi connectivity index (χ4n) is 3.20. The van der Waals surface area contributed by atoms with Gasteiger partial charge in [0.15, 0.2) is 0 Å². The van der Waals surface area contributed by atoms with Gasteiger partial charge in [-0.2, -0.15) is 0 Å². The summed E-state index contributed by atoms with van der Waals surface area (Å²) in [7, 11) is 0. The van der Waals surface area contributed by atoms with Crippen molar-refractivity contribution in [2.24, 2.45) is 0 Å². The number of benzene rings is 2. The van der Waals surface area contributed by atoms with E-state index >= 15 is 0 Å². The normalized spacial score (nSPS) is 12.2. The number of para-hydroxylation sites is 2. The molecule has 26 heavy (non-hydrogen) atoms. The third-order valence-corrected chi connectivity index (χ3v) is 4.61. The van der Waals surface area contributed by atoms with Crippen LogP contribution in [-0.4, -0.2) is 14.0 Å². The molecule has 0 unspecified atom stereocenters. The first-order valence-corrected chi connectivity index (χ1v) is 8.61. The van der Waals surface area contributed by atoms with Crippen LogP contribution in [0.4, 0.5) is 4.39 Å². The number of fused-ring (bicyclic) bond motifs is 3. The van der Waals surface area contributed by atoms with E-state index in [-0.39, 0.29) is 16.8 Å². The predicted molar refractivity (Wildman–Crippen MR) is 101 cm³/mol. The van der Waals surface area contributed by atoms with Crippen LogP contribution in [0.2, 0.25) is 0 Å². The van der Waals surface area contributed by atoms with Crippen LogP contribution in [0.15, 0.2) is 59.4 Å². The fourth-order valence-corrected chi connectivity index (χ4v) is 3.20. The van der Waals surface area contributed by atoms with Gasteiger partial charge in [-0.3, -0.25) is 4.79 Å². The number of aromatic nitrogens is 3. The fraction of sp³-hybridized carbons (Fsp3) is 0.238. The van der Waals surface area contributed by atoms with Crippen LogP contribution in [0.1, 0.15) is 32.0 Å². The highest BCUT2D eigenvalue weighted by Gasteiger charge is 2.21. The molecule has 0 atom stereocenters. The van der Waals surface area contributed by atoms with E-state index in [2.05, 4.69) is 0 Å². The minimum absolute atomic E-state index is 0.122. The number of halogens is 1. The van der Waals surface area contributed by atoms with Gasteiger partial charge in [0.2, 0.25) is 5.78 Å². The van der Waals surface area contributed by atoms with Crippen molar-refractivity contribution in [3.05, 3.63) is 82.0 Å². The van der Waals surface area contributed by atoms with Crippen LogP contribution in [0.25, 0.3) is 16.8 Å². The lowest BCUT2D eigenvalue weighted by molar-refractivity contribution is 0.565. The van der Waals surface area contributed by atoms with Gasteiger partial charge in [0.05, 0.1) is 23.3 Å². The second kappa shape index (κ2) is 5.80. The van der Waals surface area contributed by atoms with Crippen molar-refractivity contribution in [1.82, 2.24) is 14.0 Å². The Bertz CT molecular complexity index is 1180. The molecular formula is C21H20FN3O. The maximum Gasteiger partial charge on any atom is 0.259 e. The summed E-state index contributed by atoms with van der Waals surface area (Å²) in [5, 5.41) is 0. The Kier molecular flexibility index (Phi) is 3.68. The minimum atomic E-state index is -0.266. The molecule has 0 aliphatic carbocycles. The van der Waals surface area contributed by atoms with Crippen LogP contribution < -0.4 is 5.56 Å². The Labute approximate surface area is 150 Å². The molecule has 2 aromatic heterocycles. The largest absolute Gasteiger partial charge is 0.305 e. The summed E-state index contributed by atoms with van der Waals surface area (Å²) < 4.78 is 17.7. The average Bonchev–Trinajstić information content (AvgIpc) is 2.91. The first kappa shape index (κ1) is 16.5. The SMILES string of the molecule is CC(C)(C)c1cc(=O)n2c3ccccc3n(Cc3ccccc3F)c2n1. The highest BCUT2D eigenvalue weighted by molar-refractivity contribution is 5.80. The Morgan fingerprint density at radius 1 is 1.00 bits per heavy atom. The third kappa shape index (κ3) is 2.60. The zero-order valence-corrected chi connectivity index (χ0v) is 15.0. The standard InChI is InChI=1S/C21H20FN3O/c1-21(2,3)18-12-19(26)25-17-11-7-6-10-16(17)24(20(25)23-18)13-14-8-4-5-9-15(14)22/h4-12H,13H2,1-3H3. The van der Waals surface area contributed by atoms with Gasteiger partial charge in [-0.25, -0.2) is 13.8 Å². The summed E-state index contributed by atoms with van der Waals surface area (Å²) >= 11 is 0. The van der Waals surface area contributed by atoms with Gasteiger partial charge in [0.1, 0.15) is 5.82 Å². The molecule has 5 heteroatoms. The molecule has 4 rings (SSSR count). The van der Waals surface area contributed by atoms with E-state index in [9.17, 15) is 9.18 Å². The van der Waals surface area contributed by atoms with Gasteiger partial charge >= 0.3 is 0 Å². The molecule has 4 nitrogen and oxygen atoms in total. The quantitative estimate of drug-likeness (QED) is 0.546. The van der Waals surface area contributed by atoms with Crippen molar-refractivity contribution >= 4 is 16.8 Å². The smallest absolute Gasteiger partial charge is 0.259 e. The molecule has 132 valence electrons. The van der Waals surface area contributed by atoms with Crippen molar-refractivity contribution in [2.75, 3.05) is 0 Å². The summed E-state index contributed by atoms with van der Waals surface area (Å²) in [6, 6.07) is 15.9. The van der Waals surface area contributed by atoms with Crippen LogP contribution >= 0.6 is 0 Å². The summed E-state index contributed by atoms with van der Waals surface area (Å²) in [6.45, 7) is 6.38. The van der Waals surface area contributed by atoms with Crippen molar-refractivity contribution in [3.8, 4) is 0 Å². The van der Waals surface area contributed by atoms with Gasteiger partial charge in [0, 0.05) is 17.0 Å². The number of rotatable bonds is 2. The maximum atomic E-state index is 14.2. The predicted octanol–water partition coefficient (Wildman–Crippen LogP) is 4.13. The maximum absolute atomic E-state index is 14.2. The molecule has 0 bridgehead atoms. The van der Waals surface area contributed by atoms with E-state index in [1.165, 1.54) is 6.07 Å². The lowest BCUT2D eigenvalue weighted by Crippen LogP contribution is -2.22. The Morgan fingerprint density at radius 2 is 1.65 bits per heavy atom. The number of hydrogen-bond donors (Lipinski definition) is 0. The zero-order valence-electron chi connectivity index (χ0n) is 15.0. The molecule has 4 aromatic rings. The van der Waals surface area contributed by atoms with Crippen LogP contribution in [0.3, 0.4) is 0 Å². The summed E-state index contributed by atoms with van der Waals surface area (Å²) in [5.41, 5.74) is 2.53. The minimum Gasteiger partial charge on any atom is -0.305 e. The highest BCUT2D eigenvalue weighted by atomic mass is 19.1. The van der Waals surface area contributed by atoms with Crippen LogP contribution in [0, 0.1) is 5.82 Å². The van der Waals surface area contributed by atoms with Crippen molar-refractivity contribution in [2.45, 2.75) is 32.7 Å². The third-order valence-electron chi connectivity index (χ3n) is 4.61. The first-order valence-electron chi connectivity index (χ1n) is 8.61. The van der Waals surface area contributed by atoms with E-state index < -0.39 is 0 Å². The Morgan fingerprint density at radius 3 is 2.35 bits per heavy atom. The molecule has 0 amide bonds. The lowest BCUT2D eigenvalue weighted by Gasteiger charge is -2.17. The van der Waals surface area contributed by atoms with E-state index in [0.717, 1.165) is 16.7 Å². The second-order valence-corrected chi connectivity index (χ2v) is 7.53. The molecule has 2 aromatic carbocycles. The molecule has 0 saturated carbocycles. The van der Waals surface area contributed by atoms with Crippen molar-refractivity contribution in [3.63, 3.8) is 0 Å². The molecule has 0 aliphatic heterocycles.